The number of ether oxygens (including phenoxy) is 2. The van der Waals surface area contributed by atoms with Gasteiger partial charge < -0.3 is 14.8 Å². The first-order chi connectivity index (χ1) is 9.86. The third-order valence-electron chi connectivity index (χ3n) is 4.18. The second kappa shape index (κ2) is 6.46. The molecule has 0 radical (unpaired) electrons. The number of likely N-dealkylation sites (tertiary alicyclic amines) is 1. The first-order valence-electron chi connectivity index (χ1n) is 7.64. The molecular weight excluding hydrogens is 252 g/mol. The van der Waals surface area contributed by atoms with Crippen LogP contribution < -0.4 is 14.8 Å². The van der Waals surface area contributed by atoms with Crippen LogP contribution in [0.2, 0.25) is 0 Å². The van der Waals surface area contributed by atoms with E-state index in [1.165, 1.54) is 31.4 Å². The number of piperidine rings is 1. The Balaban J connectivity index is 1.69. The molecule has 1 unspecified atom stereocenters. The average molecular weight is 276 g/mol. The molecule has 1 N–H and O–H groups in total. The summed E-state index contributed by atoms with van der Waals surface area (Å²) in [5.74, 6) is 1.78. The van der Waals surface area contributed by atoms with Crippen molar-refractivity contribution in [1.82, 2.24) is 10.2 Å². The molecule has 4 nitrogen and oxygen atoms in total. The first-order valence-corrected chi connectivity index (χ1v) is 7.64. The first kappa shape index (κ1) is 13.7. The average Bonchev–Trinajstić information content (AvgIpc) is 2.49. The minimum Gasteiger partial charge on any atom is -0.486 e. The molecule has 3 rings (SSSR count). The normalized spacial score (nSPS) is 22.8. The monoisotopic (exact) mass is 276 g/mol. The molecule has 0 saturated carbocycles. The quantitative estimate of drug-likeness (QED) is 0.912. The summed E-state index contributed by atoms with van der Waals surface area (Å²) in [7, 11) is 2.04. The third kappa shape index (κ3) is 3.07. The zero-order valence-electron chi connectivity index (χ0n) is 12.2. The van der Waals surface area contributed by atoms with Crippen molar-refractivity contribution in [3.63, 3.8) is 0 Å². The highest BCUT2D eigenvalue weighted by atomic mass is 16.6. The number of hydrogen-bond acceptors (Lipinski definition) is 4. The van der Waals surface area contributed by atoms with Crippen molar-refractivity contribution in [1.29, 1.82) is 0 Å². The zero-order chi connectivity index (χ0) is 13.8. The van der Waals surface area contributed by atoms with Crippen molar-refractivity contribution in [2.75, 3.05) is 33.4 Å². The highest BCUT2D eigenvalue weighted by molar-refractivity contribution is 5.43. The van der Waals surface area contributed by atoms with Gasteiger partial charge in [0, 0.05) is 19.1 Å². The van der Waals surface area contributed by atoms with Crippen LogP contribution in [0.4, 0.5) is 0 Å². The fourth-order valence-corrected chi connectivity index (χ4v) is 3.16. The maximum absolute atomic E-state index is 5.67. The molecule has 2 heterocycles. The molecule has 0 spiro atoms. The van der Waals surface area contributed by atoms with E-state index in [4.69, 9.17) is 9.47 Å². The van der Waals surface area contributed by atoms with Gasteiger partial charge in [0.1, 0.15) is 13.2 Å². The van der Waals surface area contributed by atoms with Gasteiger partial charge in [-0.05, 0) is 44.1 Å². The minimum atomic E-state index is 0.655. The third-order valence-corrected chi connectivity index (χ3v) is 4.18. The van der Waals surface area contributed by atoms with Crippen molar-refractivity contribution in [3.8, 4) is 11.5 Å². The lowest BCUT2D eigenvalue weighted by Crippen LogP contribution is -2.44. The highest BCUT2D eigenvalue weighted by Crippen LogP contribution is 2.31. The van der Waals surface area contributed by atoms with Gasteiger partial charge >= 0.3 is 0 Å². The van der Waals surface area contributed by atoms with Crippen LogP contribution in [0.1, 0.15) is 24.8 Å². The Morgan fingerprint density at radius 3 is 2.90 bits per heavy atom. The molecule has 1 aromatic carbocycles. The van der Waals surface area contributed by atoms with Crippen LogP contribution in [0.15, 0.2) is 18.2 Å². The largest absolute Gasteiger partial charge is 0.486 e. The van der Waals surface area contributed by atoms with E-state index in [-0.39, 0.29) is 0 Å². The maximum Gasteiger partial charge on any atom is 0.161 e. The molecule has 0 amide bonds. The van der Waals surface area contributed by atoms with E-state index in [9.17, 15) is 0 Å². The summed E-state index contributed by atoms with van der Waals surface area (Å²) in [5.41, 5.74) is 1.32. The molecule has 1 aromatic rings. The Hall–Kier alpha value is -1.26. The van der Waals surface area contributed by atoms with Crippen molar-refractivity contribution >= 4 is 0 Å². The van der Waals surface area contributed by atoms with Crippen LogP contribution >= 0.6 is 0 Å². The highest BCUT2D eigenvalue weighted by Gasteiger charge is 2.22. The summed E-state index contributed by atoms with van der Waals surface area (Å²) in [4.78, 5) is 2.59. The lowest BCUT2D eigenvalue weighted by molar-refractivity contribution is 0.138. The van der Waals surface area contributed by atoms with Crippen LogP contribution in [-0.4, -0.2) is 44.3 Å². The summed E-state index contributed by atoms with van der Waals surface area (Å²) < 4.78 is 11.3. The molecule has 110 valence electrons. The Bertz CT molecular complexity index is 448. The van der Waals surface area contributed by atoms with Gasteiger partial charge in [-0.1, -0.05) is 12.5 Å². The SMILES string of the molecule is CNCC1CCCCN1Cc1ccc2c(c1)OCCO2. The van der Waals surface area contributed by atoms with Gasteiger partial charge in [-0.2, -0.15) is 0 Å². The van der Waals surface area contributed by atoms with E-state index >= 15 is 0 Å². The molecule has 2 aliphatic heterocycles. The second-order valence-electron chi connectivity index (χ2n) is 5.66. The van der Waals surface area contributed by atoms with Crippen molar-refractivity contribution in [2.24, 2.45) is 0 Å². The standard InChI is InChI=1S/C16H24N2O2/c1-17-11-14-4-2-3-7-18(14)12-13-5-6-15-16(10-13)20-9-8-19-15/h5-6,10,14,17H,2-4,7-9,11-12H2,1H3. The molecule has 0 bridgehead atoms. The van der Waals surface area contributed by atoms with Gasteiger partial charge in [-0.3, -0.25) is 4.90 Å². The van der Waals surface area contributed by atoms with E-state index in [1.54, 1.807) is 0 Å². The topological polar surface area (TPSA) is 33.7 Å². The molecule has 0 aliphatic carbocycles. The number of nitrogens with one attached hydrogen (secondary N) is 1. The van der Waals surface area contributed by atoms with Gasteiger partial charge in [-0.15, -0.1) is 0 Å². The molecule has 1 atom stereocenters. The van der Waals surface area contributed by atoms with Crippen LogP contribution in [0.3, 0.4) is 0 Å². The van der Waals surface area contributed by atoms with Gasteiger partial charge in [-0.25, -0.2) is 0 Å². The molecule has 2 aliphatic rings. The molecular formula is C16H24N2O2. The van der Waals surface area contributed by atoms with E-state index in [1.807, 2.05) is 13.1 Å². The van der Waals surface area contributed by atoms with E-state index in [2.05, 4.69) is 22.3 Å². The smallest absolute Gasteiger partial charge is 0.161 e. The summed E-state index contributed by atoms with van der Waals surface area (Å²) >= 11 is 0. The van der Waals surface area contributed by atoms with Crippen molar-refractivity contribution in [2.45, 2.75) is 31.8 Å². The number of fused-ring (bicyclic) bond motifs is 1. The molecule has 4 heteroatoms. The number of hydrogen-bond donors (Lipinski definition) is 1. The Morgan fingerprint density at radius 1 is 1.20 bits per heavy atom. The maximum atomic E-state index is 5.67. The zero-order valence-corrected chi connectivity index (χ0v) is 12.2. The molecule has 1 saturated heterocycles. The second-order valence-corrected chi connectivity index (χ2v) is 5.66. The number of nitrogens with zero attached hydrogens (tertiary/aromatic N) is 1. The predicted octanol–water partition coefficient (Wildman–Crippen LogP) is 2.03. The van der Waals surface area contributed by atoms with Gasteiger partial charge in [0.25, 0.3) is 0 Å². The van der Waals surface area contributed by atoms with Gasteiger partial charge in [0.2, 0.25) is 0 Å². The summed E-state index contributed by atoms with van der Waals surface area (Å²) in [6.07, 6.45) is 3.96. The van der Waals surface area contributed by atoms with E-state index in [0.717, 1.165) is 24.6 Å². The minimum absolute atomic E-state index is 0.655. The molecule has 20 heavy (non-hydrogen) atoms. The van der Waals surface area contributed by atoms with Crippen LogP contribution in [0.5, 0.6) is 11.5 Å². The Kier molecular flexibility index (Phi) is 4.43. The molecule has 0 aromatic heterocycles. The lowest BCUT2D eigenvalue weighted by atomic mass is 10.0. The number of likely N-dealkylation sites (N-methyl/N-ethyl adjacent to an activating group) is 1. The number of benzene rings is 1. The van der Waals surface area contributed by atoms with Crippen LogP contribution in [-0.2, 0) is 6.54 Å². The lowest BCUT2D eigenvalue weighted by Gasteiger charge is -2.35. The van der Waals surface area contributed by atoms with Crippen molar-refractivity contribution < 1.29 is 9.47 Å². The number of rotatable bonds is 4. The van der Waals surface area contributed by atoms with E-state index in [0.29, 0.717) is 19.3 Å². The molecule has 1 fully saturated rings. The summed E-state index contributed by atoms with van der Waals surface area (Å²) in [6.45, 7) is 4.58. The summed E-state index contributed by atoms with van der Waals surface area (Å²) in [5, 5.41) is 3.32. The summed E-state index contributed by atoms with van der Waals surface area (Å²) in [6, 6.07) is 7.00. The van der Waals surface area contributed by atoms with Crippen LogP contribution in [0, 0.1) is 0 Å². The Labute approximate surface area is 121 Å². The van der Waals surface area contributed by atoms with Gasteiger partial charge in [0.05, 0.1) is 0 Å². The van der Waals surface area contributed by atoms with Crippen molar-refractivity contribution in [3.05, 3.63) is 23.8 Å². The fourth-order valence-electron chi connectivity index (χ4n) is 3.16. The fraction of sp³-hybridized carbons (Fsp3) is 0.625. The van der Waals surface area contributed by atoms with E-state index < -0.39 is 0 Å². The van der Waals surface area contributed by atoms with Crippen LogP contribution in [0.25, 0.3) is 0 Å². The Morgan fingerprint density at radius 2 is 2.05 bits per heavy atom. The predicted molar refractivity (Wildman–Crippen MR) is 79.4 cm³/mol. The van der Waals surface area contributed by atoms with Gasteiger partial charge in [0.15, 0.2) is 11.5 Å².